The van der Waals surface area contributed by atoms with E-state index >= 15 is 0 Å². The van der Waals surface area contributed by atoms with Crippen LogP contribution in [0.2, 0.25) is 5.02 Å². The van der Waals surface area contributed by atoms with E-state index in [0.717, 1.165) is 17.7 Å². The topological polar surface area (TPSA) is 38.3 Å². The molecule has 1 aliphatic heterocycles. The van der Waals surface area contributed by atoms with E-state index in [2.05, 4.69) is 24.4 Å². The van der Waals surface area contributed by atoms with Gasteiger partial charge in [-0.15, -0.1) is 0 Å². The van der Waals surface area contributed by atoms with Gasteiger partial charge in [-0.25, -0.2) is 0 Å². The van der Waals surface area contributed by atoms with Crippen LogP contribution in [-0.2, 0) is 6.42 Å². The van der Waals surface area contributed by atoms with Crippen molar-refractivity contribution in [2.45, 2.75) is 38.3 Å². The first kappa shape index (κ1) is 19.5. The van der Waals surface area contributed by atoms with E-state index in [4.69, 9.17) is 16.3 Å². The normalized spacial score (nSPS) is 18.1. The van der Waals surface area contributed by atoms with Gasteiger partial charge in [0.2, 0.25) is 0 Å². The van der Waals surface area contributed by atoms with E-state index in [0.29, 0.717) is 16.3 Å². The molecule has 0 radical (unpaired) electrons. The molecule has 148 valence electrons. The van der Waals surface area contributed by atoms with Gasteiger partial charge in [0.15, 0.2) is 11.9 Å². The van der Waals surface area contributed by atoms with E-state index < -0.39 is 12.1 Å². The second-order valence-electron chi connectivity index (χ2n) is 7.37. The Hall–Kier alpha value is -2.78. The summed E-state index contributed by atoms with van der Waals surface area (Å²) in [5, 5.41) is 4.07. The molecule has 2 atom stereocenters. The molecule has 0 aromatic heterocycles. The molecule has 0 spiro atoms. The Bertz CT molecular complexity index is 982. The van der Waals surface area contributed by atoms with Gasteiger partial charge in [0, 0.05) is 10.7 Å². The van der Waals surface area contributed by atoms with Gasteiger partial charge in [-0.2, -0.15) is 0 Å². The molecule has 0 saturated carbocycles. The fraction of sp³-hybridized carbons (Fsp3) is 0.240. The minimum absolute atomic E-state index is 0.0295. The Morgan fingerprint density at radius 1 is 0.966 bits per heavy atom. The SMILES string of the molecule is CCCCc1ccc(NC2C(=O)c3ccccc3OC2c2ccc(Cl)cc2)cc1. The Kier molecular flexibility index (Phi) is 5.86. The summed E-state index contributed by atoms with van der Waals surface area (Å²) >= 11 is 6.05. The molecule has 3 aromatic rings. The van der Waals surface area contributed by atoms with Gasteiger partial charge in [-0.3, -0.25) is 4.79 Å². The Balaban J connectivity index is 1.64. The van der Waals surface area contributed by atoms with Gasteiger partial charge in [-0.05, 0) is 60.4 Å². The van der Waals surface area contributed by atoms with Gasteiger partial charge < -0.3 is 10.1 Å². The number of benzene rings is 3. The number of fused-ring (bicyclic) bond motifs is 1. The summed E-state index contributed by atoms with van der Waals surface area (Å²) in [4.78, 5) is 13.3. The Labute approximate surface area is 176 Å². The van der Waals surface area contributed by atoms with Crippen molar-refractivity contribution in [3.8, 4) is 5.75 Å². The molecule has 1 N–H and O–H groups in total. The summed E-state index contributed by atoms with van der Waals surface area (Å²) < 4.78 is 6.26. The van der Waals surface area contributed by atoms with Crippen molar-refractivity contribution in [2.75, 3.05) is 5.32 Å². The summed E-state index contributed by atoms with van der Waals surface area (Å²) in [5.74, 6) is 0.646. The predicted molar refractivity (Wildman–Crippen MR) is 118 cm³/mol. The van der Waals surface area contributed by atoms with Crippen molar-refractivity contribution in [1.29, 1.82) is 0 Å². The minimum Gasteiger partial charge on any atom is -0.482 e. The van der Waals surface area contributed by atoms with Gasteiger partial charge in [0.05, 0.1) is 5.56 Å². The van der Waals surface area contributed by atoms with E-state index in [9.17, 15) is 4.79 Å². The van der Waals surface area contributed by atoms with Crippen LogP contribution in [0.1, 0.15) is 47.4 Å². The maximum absolute atomic E-state index is 13.3. The van der Waals surface area contributed by atoms with Gasteiger partial charge in [0.25, 0.3) is 0 Å². The van der Waals surface area contributed by atoms with Gasteiger partial charge in [0.1, 0.15) is 11.8 Å². The Morgan fingerprint density at radius 2 is 1.69 bits per heavy atom. The molecule has 3 nitrogen and oxygen atoms in total. The zero-order valence-electron chi connectivity index (χ0n) is 16.4. The number of unbranched alkanes of at least 4 members (excludes halogenated alkanes) is 1. The molecule has 0 fully saturated rings. The van der Waals surface area contributed by atoms with Gasteiger partial charge >= 0.3 is 0 Å². The summed E-state index contributed by atoms with van der Waals surface area (Å²) in [7, 11) is 0. The van der Waals surface area contributed by atoms with Crippen LogP contribution in [0.3, 0.4) is 0 Å². The van der Waals surface area contributed by atoms with E-state index in [-0.39, 0.29) is 5.78 Å². The van der Waals surface area contributed by atoms with Crippen LogP contribution in [0.15, 0.2) is 72.8 Å². The number of rotatable bonds is 6. The average Bonchev–Trinajstić information content (AvgIpc) is 2.76. The Morgan fingerprint density at radius 3 is 2.41 bits per heavy atom. The molecule has 1 aliphatic rings. The molecule has 0 amide bonds. The molecule has 2 unspecified atom stereocenters. The summed E-state index contributed by atoms with van der Waals surface area (Å²) in [6, 6.07) is 22.7. The highest BCUT2D eigenvalue weighted by molar-refractivity contribution is 6.30. The van der Waals surface area contributed by atoms with Gasteiger partial charge in [-0.1, -0.05) is 61.3 Å². The van der Waals surface area contributed by atoms with Crippen molar-refractivity contribution in [2.24, 2.45) is 0 Å². The average molecular weight is 406 g/mol. The molecule has 4 rings (SSSR count). The molecule has 0 bridgehead atoms. The number of hydrogen-bond donors (Lipinski definition) is 1. The minimum atomic E-state index is -0.521. The maximum atomic E-state index is 13.3. The number of aryl methyl sites for hydroxylation is 1. The molecular weight excluding hydrogens is 382 g/mol. The first-order valence-corrected chi connectivity index (χ1v) is 10.4. The summed E-state index contributed by atoms with van der Waals surface area (Å²) in [6.07, 6.45) is 2.99. The fourth-order valence-electron chi connectivity index (χ4n) is 3.67. The third-order valence-electron chi connectivity index (χ3n) is 5.29. The lowest BCUT2D eigenvalue weighted by molar-refractivity contribution is 0.0812. The first-order chi connectivity index (χ1) is 14.2. The first-order valence-electron chi connectivity index (χ1n) is 10.1. The van der Waals surface area contributed by atoms with E-state index in [1.165, 1.54) is 18.4 Å². The number of anilines is 1. The number of carbonyl (C=O) groups is 1. The number of ether oxygens (including phenoxy) is 1. The summed E-state index contributed by atoms with van der Waals surface area (Å²) in [5.41, 5.74) is 3.73. The maximum Gasteiger partial charge on any atom is 0.192 e. The number of ketones is 1. The third kappa shape index (κ3) is 4.30. The molecule has 0 aliphatic carbocycles. The fourth-order valence-corrected chi connectivity index (χ4v) is 3.79. The van der Waals surface area contributed by atoms with Crippen LogP contribution in [0.4, 0.5) is 5.69 Å². The largest absolute Gasteiger partial charge is 0.482 e. The van der Waals surface area contributed by atoms with E-state index in [1.54, 1.807) is 0 Å². The lowest BCUT2D eigenvalue weighted by Crippen LogP contribution is -2.42. The number of Topliss-reactive ketones (excluding diaryl/α,β-unsaturated/α-hetero) is 1. The molecule has 3 aromatic carbocycles. The van der Waals surface area contributed by atoms with Crippen molar-refractivity contribution in [1.82, 2.24) is 0 Å². The van der Waals surface area contributed by atoms with Crippen LogP contribution in [0.25, 0.3) is 0 Å². The smallest absolute Gasteiger partial charge is 0.192 e. The number of hydrogen-bond acceptors (Lipinski definition) is 3. The van der Waals surface area contributed by atoms with Crippen molar-refractivity contribution >= 4 is 23.1 Å². The number of halogens is 1. The quantitative estimate of drug-likeness (QED) is 0.510. The van der Waals surface area contributed by atoms with Crippen molar-refractivity contribution in [3.05, 3.63) is 94.5 Å². The standard InChI is InChI=1S/C25H24ClNO2/c1-2-3-6-17-9-15-20(16-10-17)27-23-24(28)21-7-4-5-8-22(21)29-25(23)18-11-13-19(26)14-12-18/h4-5,7-16,23,25,27H,2-3,6H2,1H3. The molecule has 4 heteroatoms. The second kappa shape index (κ2) is 8.71. The molecule has 1 heterocycles. The van der Waals surface area contributed by atoms with Crippen molar-refractivity contribution < 1.29 is 9.53 Å². The monoisotopic (exact) mass is 405 g/mol. The van der Waals surface area contributed by atoms with Crippen molar-refractivity contribution in [3.63, 3.8) is 0 Å². The number of para-hydroxylation sites is 1. The highest BCUT2D eigenvalue weighted by atomic mass is 35.5. The zero-order valence-corrected chi connectivity index (χ0v) is 17.2. The third-order valence-corrected chi connectivity index (χ3v) is 5.54. The summed E-state index contributed by atoms with van der Waals surface area (Å²) in [6.45, 7) is 2.19. The van der Waals surface area contributed by atoms with Crippen LogP contribution in [-0.4, -0.2) is 11.8 Å². The molecule has 29 heavy (non-hydrogen) atoms. The number of carbonyl (C=O) groups excluding carboxylic acids is 1. The molecule has 0 saturated heterocycles. The predicted octanol–water partition coefficient (Wildman–Crippen LogP) is 6.48. The zero-order chi connectivity index (χ0) is 20.2. The van der Waals surface area contributed by atoms with Crippen LogP contribution >= 0.6 is 11.6 Å². The van der Waals surface area contributed by atoms with Crippen LogP contribution < -0.4 is 10.1 Å². The van der Waals surface area contributed by atoms with E-state index in [1.807, 2.05) is 60.7 Å². The number of nitrogens with one attached hydrogen (secondary N) is 1. The van der Waals surface area contributed by atoms with Crippen LogP contribution in [0.5, 0.6) is 5.75 Å². The lowest BCUT2D eigenvalue weighted by Gasteiger charge is -2.34. The highest BCUT2D eigenvalue weighted by Gasteiger charge is 2.38. The second-order valence-corrected chi connectivity index (χ2v) is 7.81. The highest BCUT2D eigenvalue weighted by Crippen LogP contribution is 2.36. The molecular formula is C25H24ClNO2. The lowest BCUT2D eigenvalue weighted by atomic mass is 9.91. The van der Waals surface area contributed by atoms with Crippen LogP contribution in [0, 0.1) is 0 Å².